The molecule has 1 fully saturated rings. The Morgan fingerprint density at radius 2 is 2.20 bits per heavy atom. The predicted octanol–water partition coefficient (Wildman–Crippen LogP) is -0.173. The number of nitrogens with zero attached hydrogens (tertiary/aromatic N) is 1. The number of carbonyl (C=O) groups is 1. The van der Waals surface area contributed by atoms with Crippen LogP contribution in [0.15, 0.2) is 0 Å². The minimum absolute atomic E-state index is 0.130. The van der Waals surface area contributed by atoms with Crippen LogP contribution in [0.4, 0.5) is 0 Å². The third-order valence-corrected chi connectivity index (χ3v) is 1.84. The molecule has 0 saturated heterocycles. The quantitative estimate of drug-likeness (QED) is 0.552. The highest BCUT2D eigenvalue weighted by molar-refractivity contribution is 5.49. The summed E-state index contributed by atoms with van der Waals surface area (Å²) in [4.78, 5) is 12.2. The Hall–Kier alpha value is -0.570. The summed E-state index contributed by atoms with van der Waals surface area (Å²) in [7, 11) is 4.04. The Balaban J connectivity index is 2.30. The first-order valence-electron chi connectivity index (χ1n) is 3.55. The fourth-order valence-corrected chi connectivity index (χ4v) is 1.23. The summed E-state index contributed by atoms with van der Waals surface area (Å²) >= 11 is 0. The zero-order valence-corrected chi connectivity index (χ0v) is 6.55. The zero-order chi connectivity index (χ0) is 7.61. The molecule has 1 amide bonds. The maximum absolute atomic E-state index is 10.1. The molecule has 10 heavy (non-hydrogen) atoms. The highest BCUT2D eigenvalue weighted by Crippen LogP contribution is 2.34. The van der Waals surface area contributed by atoms with Gasteiger partial charge >= 0.3 is 0 Å². The molecule has 1 rings (SSSR count). The highest BCUT2D eigenvalue weighted by atomic mass is 16.1. The van der Waals surface area contributed by atoms with Crippen LogP contribution in [-0.4, -0.2) is 37.5 Å². The lowest BCUT2D eigenvalue weighted by Crippen LogP contribution is -2.39. The van der Waals surface area contributed by atoms with Gasteiger partial charge in [0.1, 0.15) is 0 Å². The van der Waals surface area contributed by atoms with Crippen LogP contribution in [0.1, 0.15) is 12.8 Å². The van der Waals surface area contributed by atoms with Gasteiger partial charge in [-0.2, -0.15) is 0 Å². The van der Waals surface area contributed by atoms with Crippen LogP contribution < -0.4 is 5.32 Å². The fraction of sp³-hybridized carbons (Fsp3) is 0.857. The number of amides is 1. The molecule has 58 valence electrons. The molecule has 0 aromatic carbocycles. The molecule has 1 saturated carbocycles. The molecule has 0 unspecified atom stereocenters. The normalized spacial score (nSPS) is 20.7. The first-order valence-corrected chi connectivity index (χ1v) is 3.55. The molecule has 1 N–H and O–H groups in total. The van der Waals surface area contributed by atoms with Crippen LogP contribution >= 0.6 is 0 Å². The van der Waals surface area contributed by atoms with E-state index in [0.717, 1.165) is 25.8 Å². The van der Waals surface area contributed by atoms with E-state index in [1.54, 1.807) is 0 Å². The predicted molar refractivity (Wildman–Crippen MR) is 39.7 cm³/mol. The Morgan fingerprint density at radius 1 is 1.60 bits per heavy atom. The molecule has 0 bridgehead atoms. The number of rotatable bonds is 4. The lowest BCUT2D eigenvalue weighted by Gasteiger charge is -2.18. The first kappa shape index (κ1) is 7.54. The molecular formula is C7H14N2O. The second-order valence-corrected chi connectivity index (χ2v) is 3.28. The van der Waals surface area contributed by atoms with Crippen molar-refractivity contribution in [1.29, 1.82) is 0 Å². The first-order chi connectivity index (χ1) is 4.68. The van der Waals surface area contributed by atoms with Crippen molar-refractivity contribution in [2.45, 2.75) is 18.4 Å². The topological polar surface area (TPSA) is 32.3 Å². The summed E-state index contributed by atoms with van der Waals surface area (Å²) in [6.45, 7) is 0.964. The average molecular weight is 142 g/mol. The van der Waals surface area contributed by atoms with Gasteiger partial charge in [-0.3, -0.25) is 4.79 Å². The monoisotopic (exact) mass is 142 g/mol. The van der Waals surface area contributed by atoms with E-state index in [9.17, 15) is 4.79 Å². The summed E-state index contributed by atoms with van der Waals surface area (Å²) in [5.74, 6) is 0. The van der Waals surface area contributed by atoms with Gasteiger partial charge in [-0.15, -0.1) is 0 Å². The molecule has 0 aliphatic heterocycles. The van der Waals surface area contributed by atoms with Crippen molar-refractivity contribution in [3.8, 4) is 0 Å². The minimum Gasteiger partial charge on any atom is -0.352 e. The Kier molecular flexibility index (Phi) is 1.94. The molecule has 1 aliphatic rings. The van der Waals surface area contributed by atoms with E-state index in [4.69, 9.17) is 0 Å². The molecule has 0 radical (unpaired) electrons. The second-order valence-electron chi connectivity index (χ2n) is 3.28. The Morgan fingerprint density at radius 3 is 2.50 bits per heavy atom. The van der Waals surface area contributed by atoms with E-state index in [-0.39, 0.29) is 5.54 Å². The lowest BCUT2D eigenvalue weighted by molar-refractivity contribution is -0.110. The maximum Gasteiger partial charge on any atom is 0.207 e. The van der Waals surface area contributed by atoms with Crippen molar-refractivity contribution in [3.05, 3.63) is 0 Å². The Bertz CT molecular complexity index is 130. The number of likely N-dealkylation sites (N-methyl/N-ethyl adjacent to an activating group) is 1. The lowest BCUT2D eigenvalue weighted by atomic mass is 10.2. The van der Waals surface area contributed by atoms with Crippen molar-refractivity contribution in [3.63, 3.8) is 0 Å². The molecule has 0 aromatic rings. The van der Waals surface area contributed by atoms with E-state index >= 15 is 0 Å². The van der Waals surface area contributed by atoms with Crippen molar-refractivity contribution in [2.75, 3.05) is 20.6 Å². The number of hydrogen-bond acceptors (Lipinski definition) is 2. The van der Waals surface area contributed by atoms with E-state index < -0.39 is 0 Å². The van der Waals surface area contributed by atoms with Crippen LogP contribution in [0.25, 0.3) is 0 Å². The van der Waals surface area contributed by atoms with Crippen molar-refractivity contribution in [1.82, 2.24) is 10.2 Å². The maximum atomic E-state index is 10.1. The van der Waals surface area contributed by atoms with Gasteiger partial charge in [0.05, 0.1) is 5.54 Å². The van der Waals surface area contributed by atoms with Crippen LogP contribution in [0.5, 0.6) is 0 Å². The van der Waals surface area contributed by atoms with Crippen molar-refractivity contribution < 1.29 is 4.79 Å². The third-order valence-electron chi connectivity index (χ3n) is 1.84. The summed E-state index contributed by atoms with van der Waals surface area (Å²) in [6, 6.07) is 0. The van der Waals surface area contributed by atoms with E-state index in [1.807, 2.05) is 14.1 Å². The summed E-state index contributed by atoms with van der Waals surface area (Å²) in [6.07, 6.45) is 3.06. The van der Waals surface area contributed by atoms with Gasteiger partial charge in [-0.05, 0) is 26.9 Å². The van der Waals surface area contributed by atoms with Gasteiger partial charge < -0.3 is 10.2 Å². The number of hydrogen-bond donors (Lipinski definition) is 1. The van der Waals surface area contributed by atoms with Gasteiger partial charge in [-0.1, -0.05) is 0 Å². The summed E-state index contributed by atoms with van der Waals surface area (Å²) < 4.78 is 0. The van der Waals surface area contributed by atoms with Crippen LogP contribution in [0, 0.1) is 0 Å². The Labute approximate surface area is 61.4 Å². The van der Waals surface area contributed by atoms with Crippen LogP contribution in [0.2, 0.25) is 0 Å². The minimum atomic E-state index is 0.130. The second kappa shape index (κ2) is 2.58. The van der Waals surface area contributed by atoms with Gasteiger partial charge in [-0.25, -0.2) is 0 Å². The van der Waals surface area contributed by atoms with Gasteiger partial charge in [0, 0.05) is 6.54 Å². The van der Waals surface area contributed by atoms with Gasteiger partial charge in [0.15, 0.2) is 0 Å². The van der Waals surface area contributed by atoms with Gasteiger partial charge in [0.2, 0.25) is 6.41 Å². The number of nitrogens with one attached hydrogen (secondary N) is 1. The zero-order valence-electron chi connectivity index (χ0n) is 6.55. The molecule has 0 heterocycles. The van der Waals surface area contributed by atoms with Crippen molar-refractivity contribution >= 4 is 6.41 Å². The third kappa shape index (κ3) is 1.70. The molecule has 3 heteroatoms. The van der Waals surface area contributed by atoms with E-state index in [2.05, 4.69) is 10.2 Å². The van der Waals surface area contributed by atoms with E-state index in [1.165, 1.54) is 0 Å². The highest BCUT2D eigenvalue weighted by Gasteiger charge is 2.42. The number of carbonyl (C=O) groups excluding carboxylic acids is 1. The van der Waals surface area contributed by atoms with Crippen LogP contribution in [0.3, 0.4) is 0 Å². The smallest absolute Gasteiger partial charge is 0.207 e. The van der Waals surface area contributed by atoms with Crippen molar-refractivity contribution in [2.24, 2.45) is 0 Å². The molecular weight excluding hydrogens is 128 g/mol. The SMILES string of the molecule is CN(C)CC1(NC=O)CC1. The molecule has 0 aromatic heterocycles. The molecule has 3 nitrogen and oxygen atoms in total. The fourth-order valence-electron chi connectivity index (χ4n) is 1.23. The van der Waals surface area contributed by atoms with Crippen LogP contribution in [-0.2, 0) is 4.79 Å². The van der Waals surface area contributed by atoms with E-state index in [0.29, 0.717) is 0 Å². The molecule has 0 spiro atoms. The van der Waals surface area contributed by atoms with Gasteiger partial charge in [0.25, 0.3) is 0 Å². The standard InChI is InChI=1S/C7H14N2O/c1-9(2)5-7(3-4-7)8-6-10/h6H,3-5H2,1-2H3,(H,8,10). The average Bonchev–Trinajstić information content (AvgIpc) is 2.47. The molecule has 1 aliphatic carbocycles. The summed E-state index contributed by atoms with van der Waals surface area (Å²) in [5, 5.41) is 2.84. The summed E-state index contributed by atoms with van der Waals surface area (Å²) in [5.41, 5.74) is 0.130. The molecule has 0 atom stereocenters. The largest absolute Gasteiger partial charge is 0.352 e.